The average Bonchev–Trinajstić information content (AvgIpc) is 3.25. The smallest absolute Gasteiger partial charge is 0.360 e. The van der Waals surface area contributed by atoms with E-state index in [1.54, 1.807) is 24.8 Å². The van der Waals surface area contributed by atoms with Crippen LogP contribution in [0.4, 0.5) is 4.39 Å². The van der Waals surface area contributed by atoms with Gasteiger partial charge >= 0.3 is 5.97 Å². The minimum Gasteiger partial charge on any atom is -0.461 e. The molecule has 0 aliphatic carbocycles. The van der Waals surface area contributed by atoms with Gasteiger partial charge in [0.05, 0.1) is 12.6 Å². The lowest BCUT2D eigenvalue weighted by Gasteiger charge is -2.24. The molecule has 3 rings (SSSR count). The highest BCUT2D eigenvalue weighted by Gasteiger charge is 2.36. The van der Waals surface area contributed by atoms with E-state index in [1.165, 1.54) is 12.1 Å². The highest BCUT2D eigenvalue weighted by Crippen LogP contribution is 2.34. The van der Waals surface area contributed by atoms with Crippen molar-refractivity contribution in [1.82, 2.24) is 20.3 Å². The summed E-state index contributed by atoms with van der Waals surface area (Å²) in [7, 11) is 0. The van der Waals surface area contributed by atoms with E-state index in [1.807, 2.05) is 0 Å². The standard InChI is InChI=1S/C17H19FN4O3/c1-3-25-17(24)15-14(19-21-20-15)13-8-5-9-22(13)16(23)11-6-4-7-12(18)10(11)2/h4,6-7,13H,3,5,8-9H2,1-2H3,(H,19,20,21). The monoisotopic (exact) mass is 346 g/mol. The highest BCUT2D eigenvalue weighted by atomic mass is 19.1. The van der Waals surface area contributed by atoms with Crippen LogP contribution in [-0.4, -0.2) is 45.3 Å². The zero-order valence-electron chi connectivity index (χ0n) is 14.1. The van der Waals surface area contributed by atoms with E-state index in [0.717, 1.165) is 6.42 Å². The topological polar surface area (TPSA) is 88.2 Å². The third-order valence-electron chi connectivity index (χ3n) is 4.37. The number of carbonyl (C=O) groups is 2. The maximum absolute atomic E-state index is 13.8. The molecule has 0 radical (unpaired) electrons. The van der Waals surface area contributed by atoms with Crippen molar-refractivity contribution in [2.24, 2.45) is 0 Å². The molecule has 0 spiro atoms. The van der Waals surface area contributed by atoms with Gasteiger partial charge in [0.1, 0.15) is 11.5 Å². The summed E-state index contributed by atoms with van der Waals surface area (Å²) in [6.45, 7) is 4.01. The Bertz CT molecular complexity index is 805. The number of aromatic nitrogens is 3. The second kappa shape index (κ2) is 7.00. The van der Waals surface area contributed by atoms with Gasteiger partial charge in [-0.05, 0) is 44.4 Å². The van der Waals surface area contributed by atoms with Crippen LogP contribution in [0.1, 0.15) is 57.9 Å². The minimum absolute atomic E-state index is 0.0857. The molecule has 8 heteroatoms. The van der Waals surface area contributed by atoms with Gasteiger partial charge < -0.3 is 9.64 Å². The minimum atomic E-state index is -0.576. The second-order valence-corrected chi connectivity index (χ2v) is 5.85. The van der Waals surface area contributed by atoms with Crippen molar-refractivity contribution in [2.45, 2.75) is 32.7 Å². The summed E-state index contributed by atoms with van der Waals surface area (Å²) in [6.07, 6.45) is 1.42. The molecule has 1 aliphatic heterocycles. The molecular weight excluding hydrogens is 327 g/mol. The van der Waals surface area contributed by atoms with Crippen LogP contribution in [0.3, 0.4) is 0 Å². The third-order valence-corrected chi connectivity index (χ3v) is 4.37. The molecule has 1 fully saturated rings. The van der Waals surface area contributed by atoms with Gasteiger partial charge in [0.25, 0.3) is 5.91 Å². The molecule has 1 aromatic carbocycles. The fraction of sp³-hybridized carbons (Fsp3) is 0.412. The van der Waals surface area contributed by atoms with Crippen molar-refractivity contribution >= 4 is 11.9 Å². The van der Waals surface area contributed by atoms with Crippen molar-refractivity contribution in [3.63, 3.8) is 0 Å². The quantitative estimate of drug-likeness (QED) is 0.859. The largest absolute Gasteiger partial charge is 0.461 e. The molecule has 0 saturated carbocycles. The Morgan fingerprint density at radius 3 is 2.96 bits per heavy atom. The first-order chi connectivity index (χ1) is 12.0. The zero-order chi connectivity index (χ0) is 18.0. The molecule has 1 atom stereocenters. The zero-order valence-corrected chi connectivity index (χ0v) is 14.1. The molecule has 1 amide bonds. The van der Waals surface area contributed by atoms with Gasteiger partial charge in [0, 0.05) is 12.1 Å². The number of benzene rings is 1. The first-order valence-corrected chi connectivity index (χ1v) is 8.18. The number of nitrogens with zero attached hydrogens (tertiary/aromatic N) is 3. The van der Waals surface area contributed by atoms with Gasteiger partial charge in [-0.3, -0.25) is 4.79 Å². The highest BCUT2D eigenvalue weighted by molar-refractivity contribution is 5.96. The van der Waals surface area contributed by atoms with E-state index < -0.39 is 17.8 Å². The van der Waals surface area contributed by atoms with Gasteiger partial charge in [-0.25, -0.2) is 9.18 Å². The Labute approximate surface area is 144 Å². The van der Waals surface area contributed by atoms with Crippen LogP contribution in [0.2, 0.25) is 0 Å². The summed E-state index contributed by atoms with van der Waals surface area (Å²) in [5, 5.41) is 10.4. The number of esters is 1. The van der Waals surface area contributed by atoms with Crippen LogP contribution in [0.15, 0.2) is 18.2 Å². The van der Waals surface area contributed by atoms with Crippen molar-refractivity contribution < 1.29 is 18.7 Å². The maximum atomic E-state index is 13.8. The Balaban J connectivity index is 1.91. The van der Waals surface area contributed by atoms with Crippen LogP contribution in [0.25, 0.3) is 0 Å². The van der Waals surface area contributed by atoms with E-state index in [2.05, 4.69) is 15.4 Å². The predicted molar refractivity (Wildman–Crippen MR) is 86.5 cm³/mol. The van der Waals surface area contributed by atoms with Crippen LogP contribution >= 0.6 is 0 Å². The molecular formula is C17H19FN4O3. The Morgan fingerprint density at radius 1 is 1.40 bits per heavy atom. The number of ether oxygens (including phenoxy) is 1. The first-order valence-electron chi connectivity index (χ1n) is 8.18. The molecule has 1 saturated heterocycles. The van der Waals surface area contributed by atoms with Gasteiger partial charge in [0.15, 0.2) is 5.69 Å². The summed E-state index contributed by atoms with van der Waals surface area (Å²) in [5.41, 5.74) is 1.10. The lowest BCUT2D eigenvalue weighted by molar-refractivity contribution is 0.0512. The molecule has 2 aromatic rings. The Morgan fingerprint density at radius 2 is 2.20 bits per heavy atom. The number of hydrogen-bond donors (Lipinski definition) is 1. The number of hydrogen-bond acceptors (Lipinski definition) is 5. The molecule has 1 aliphatic rings. The van der Waals surface area contributed by atoms with Crippen molar-refractivity contribution in [2.75, 3.05) is 13.2 Å². The van der Waals surface area contributed by atoms with Gasteiger partial charge in [-0.1, -0.05) is 6.07 Å². The number of likely N-dealkylation sites (tertiary alicyclic amines) is 1. The van der Waals surface area contributed by atoms with E-state index in [-0.39, 0.29) is 18.2 Å². The lowest BCUT2D eigenvalue weighted by atomic mass is 10.0. The molecule has 0 bridgehead atoms. The van der Waals surface area contributed by atoms with E-state index in [0.29, 0.717) is 29.8 Å². The maximum Gasteiger partial charge on any atom is 0.360 e. The molecule has 1 N–H and O–H groups in total. The summed E-state index contributed by atoms with van der Waals surface area (Å²) >= 11 is 0. The summed E-state index contributed by atoms with van der Waals surface area (Å²) in [4.78, 5) is 26.6. The van der Waals surface area contributed by atoms with Gasteiger partial charge in [-0.2, -0.15) is 10.3 Å². The van der Waals surface area contributed by atoms with Crippen molar-refractivity contribution in [3.8, 4) is 0 Å². The lowest BCUT2D eigenvalue weighted by Crippen LogP contribution is -2.32. The molecule has 2 heterocycles. The SMILES string of the molecule is CCOC(=O)c1n[nH]nc1C1CCCN1C(=O)c1cccc(F)c1C. The summed E-state index contributed by atoms with van der Waals surface area (Å²) in [6, 6.07) is 4.05. The van der Waals surface area contributed by atoms with Crippen molar-refractivity contribution in [1.29, 1.82) is 0 Å². The number of H-pyrrole nitrogens is 1. The average molecular weight is 346 g/mol. The molecule has 1 unspecified atom stereocenters. The molecule has 25 heavy (non-hydrogen) atoms. The second-order valence-electron chi connectivity index (χ2n) is 5.85. The van der Waals surface area contributed by atoms with Crippen LogP contribution < -0.4 is 0 Å². The third kappa shape index (κ3) is 3.11. The number of halogens is 1. The number of rotatable bonds is 4. The van der Waals surface area contributed by atoms with Gasteiger partial charge in [-0.15, -0.1) is 5.10 Å². The number of carbonyl (C=O) groups excluding carboxylic acids is 2. The van der Waals surface area contributed by atoms with Gasteiger partial charge in [0.2, 0.25) is 0 Å². The fourth-order valence-electron chi connectivity index (χ4n) is 3.11. The van der Waals surface area contributed by atoms with E-state index in [4.69, 9.17) is 4.74 Å². The first kappa shape index (κ1) is 17.1. The van der Waals surface area contributed by atoms with Crippen LogP contribution in [-0.2, 0) is 4.74 Å². The summed E-state index contributed by atoms with van der Waals surface area (Å²) in [5.74, 6) is -1.28. The van der Waals surface area contributed by atoms with Crippen LogP contribution in [0, 0.1) is 12.7 Å². The normalized spacial score (nSPS) is 16.9. The van der Waals surface area contributed by atoms with E-state index in [9.17, 15) is 14.0 Å². The predicted octanol–water partition coefficient (Wildman–Crippen LogP) is 2.41. The van der Waals surface area contributed by atoms with Crippen molar-refractivity contribution in [3.05, 3.63) is 46.5 Å². The number of nitrogens with one attached hydrogen (secondary N) is 1. The molecule has 7 nitrogen and oxygen atoms in total. The Kier molecular flexibility index (Phi) is 4.78. The van der Waals surface area contributed by atoms with E-state index >= 15 is 0 Å². The Hall–Kier alpha value is -2.77. The number of aromatic amines is 1. The summed E-state index contributed by atoms with van der Waals surface area (Å²) < 4.78 is 18.8. The van der Waals surface area contributed by atoms with Crippen LogP contribution in [0.5, 0.6) is 0 Å². The fourth-order valence-corrected chi connectivity index (χ4v) is 3.11. The molecule has 1 aromatic heterocycles. The molecule has 132 valence electrons. The number of amides is 1.